The molecule has 0 atom stereocenters. The van der Waals surface area contributed by atoms with E-state index in [4.69, 9.17) is 0 Å². The van der Waals surface area contributed by atoms with E-state index < -0.39 is 0 Å². The van der Waals surface area contributed by atoms with Crippen LogP contribution in [-0.4, -0.2) is 38.1 Å². The minimum absolute atomic E-state index is 0.0712. The van der Waals surface area contributed by atoms with Crippen LogP contribution in [0.1, 0.15) is 218 Å². The average molecular weight is 651 g/mol. The van der Waals surface area contributed by atoms with Gasteiger partial charge in [0.05, 0.1) is 14.2 Å². The SMILES string of the molecule is COC(=O)CCCCCCCCCCCCCCCCCCB(O)CCCCCCCCCCCCCCCCCCC(=O)OC. The molecule has 0 bridgehead atoms. The maximum atomic E-state index is 11.1. The van der Waals surface area contributed by atoms with Crippen molar-refractivity contribution in [3.63, 3.8) is 0 Å². The third-order valence-corrected chi connectivity index (χ3v) is 9.79. The molecule has 0 aromatic carbocycles. The first kappa shape index (κ1) is 45.0. The molecule has 0 aromatic heterocycles. The lowest BCUT2D eigenvalue weighted by molar-refractivity contribution is -0.141. The third kappa shape index (κ3) is 37.4. The van der Waals surface area contributed by atoms with Crippen molar-refractivity contribution in [2.75, 3.05) is 14.2 Å². The molecule has 272 valence electrons. The van der Waals surface area contributed by atoms with Crippen molar-refractivity contribution in [1.82, 2.24) is 0 Å². The van der Waals surface area contributed by atoms with E-state index in [1.165, 1.54) is 194 Å². The molecule has 0 aliphatic heterocycles. The van der Waals surface area contributed by atoms with Crippen LogP contribution in [0.2, 0.25) is 12.6 Å². The van der Waals surface area contributed by atoms with Gasteiger partial charge >= 0.3 is 11.9 Å². The molecular weight excluding hydrogens is 571 g/mol. The molecule has 0 heterocycles. The number of carbonyl (C=O) groups is 2. The summed E-state index contributed by atoms with van der Waals surface area (Å²) in [6.45, 7) is -0.0712. The summed E-state index contributed by atoms with van der Waals surface area (Å²) in [7, 11) is 2.94. The number of hydrogen-bond acceptors (Lipinski definition) is 5. The van der Waals surface area contributed by atoms with E-state index in [9.17, 15) is 14.6 Å². The van der Waals surface area contributed by atoms with E-state index in [1.807, 2.05) is 0 Å². The first-order valence-corrected chi connectivity index (χ1v) is 20.4. The molecule has 5 nitrogen and oxygen atoms in total. The van der Waals surface area contributed by atoms with Gasteiger partial charge in [0.1, 0.15) is 0 Å². The van der Waals surface area contributed by atoms with Crippen molar-refractivity contribution in [3.8, 4) is 0 Å². The first-order valence-electron chi connectivity index (χ1n) is 20.4. The van der Waals surface area contributed by atoms with Gasteiger partial charge in [0.25, 0.3) is 6.92 Å². The van der Waals surface area contributed by atoms with E-state index >= 15 is 0 Å². The van der Waals surface area contributed by atoms with Gasteiger partial charge in [-0.1, -0.05) is 193 Å². The van der Waals surface area contributed by atoms with E-state index in [2.05, 4.69) is 9.47 Å². The van der Waals surface area contributed by atoms with Crippen LogP contribution < -0.4 is 0 Å². The molecule has 46 heavy (non-hydrogen) atoms. The van der Waals surface area contributed by atoms with Crippen molar-refractivity contribution in [1.29, 1.82) is 0 Å². The summed E-state index contributed by atoms with van der Waals surface area (Å²) in [5.74, 6) is -0.146. The Bertz CT molecular complexity index is 577. The average Bonchev–Trinajstić information content (AvgIpc) is 3.06. The Kier molecular flexibility index (Phi) is 37.5. The molecule has 0 aromatic rings. The zero-order valence-electron chi connectivity index (χ0n) is 31.1. The maximum Gasteiger partial charge on any atom is 0.305 e. The Balaban J connectivity index is 3.17. The fourth-order valence-electron chi connectivity index (χ4n) is 6.60. The normalized spacial score (nSPS) is 11.2. The second-order valence-electron chi connectivity index (χ2n) is 14.2. The Morgan fingerprint density at radius 1 is 0.348 bits per heavy atom. The lowest BCUT2D eigenvalue weighted by atomic mass is 9.60. The van der Waals surface area contributed by atoms with Crippen LogP contribution in [0.15, 0.2) is 0 Å². The molecule has 0 spiro atoms. The van der Waals surface area contributed by atoms with Crippen LogP contribution in [0.5, 0.6) is 0 Å². The van der Waals surface area contributed by atoms with E-state index in [0.29, 0.717) is 12.8 Å². The summed E-state index contributed by atoms with van der Waals surface area (Å²) >= 11 is 0. The Labute approximate surface area is 287 Å². The molecule has 0 radical (unpaired) electrons. The van der Waals surface area contributed by atoms with Crippen molar-refractivity contribution in [2.24, 2.45) is 0 Å². The molecule has 0 aliphatic rings. The smallest absolute Gasteiger partial charge is 0.305 e. The van der Waals surface area contributed by atoms with Crippen LogP contribution >= 0.6 is 0 Å². The molecule has 0 fully saturated rings. The molecule has 0 unspecified atom stereocenters. The highest BCUT2D eigenvalue weighted by Gasteiger charge is 2.09. The highest BCUT2D eigenvalue weighted by molar-refractivity contribution is 6.50. The lowest BCUT2D eigenvalue weighted by Gasteiger charge is -2.07. The summed E-state index contributed by atoms with van der Waals surface area (Å²) in [6.07, 6.45) is 45.1. The first-order chi connectivity index (χ1) is 22.6. The number of methoxy groups -OCH3 is 2. The summed E-state index contributed by atoms with van der Waals surface area (Å²) < 4.78 is 9.36. The Morgan fingerprint density at radius 2 is 0.522 bits per heavy atom. The topological polar surface area (TPSA) is 72.8 Å². The largest absolute Gasteiger partial charge is 0.469 e. The van der Waals surface area contributed by atoms with Crippen LogP contribution in [0.3, 0.4) is 0 Å². The monoisotopic (exact) mass is 651 g/mol. The lowest BCUT2D eigenvalue weighted by Crippen LogP contribution is -2.10. The van der Waals surface area contributed by atoms with E-state index in [0.717, 1.165) is 38.3 Å². The van der Waals surface area contributed by atoms with Gasteiger partial charge in [-0.05, 0) is 25.5 Å². The van der Waals surface area contributed by atoms with Gasteiger partial charge in [0.15, 0.2) is 0 Å². The Morgan fingerprint density at radius 3 is 0.717 bits per heavy atom. The van der Waals surface area contributed by atoms with Crippen LogP contribution in [-0.2, 0) is 19.1 Å². The van der Waals surface area contributed by atoms with Crippen LogP contribution in [0.25, 0.3) is 0 Å². The van der Waals surface area contributed by atoms with Crippen molar-refractivity contribution >= 4 is 18.9 Å². The number of hydrogen-bond donors (Lipinski definition) is 1. The highest BCUT2D eigenvalue weighted by atomic mass is 16.5. The second kappa shape index (κ2) is 38.4. The van der Waals surface area contributed by atoms with Gasteiger partial charge in [0.2, 0.25) is 0 Å². The fraction of sp³-hybridized carbons (Fsp3) is 0.950. The minimum Gasteiger partial charge on any atom is -0.469 e. The fourth-order valence-corrected chi connectivity index (χ4v) is 6.60. The number of esters is 2. The zero-order valence-corrected chi connectivity index (χ0v) is 31.1. The summed E-state index contributed by atoms with van der Waals surface area (Å²) in [5.41, 5.74) is 0. The third-order valence-electron chi connectivity index (χ3n) is 9.79. The van der Waals surface area contributed by atoms with Crippen molar-refractivity contribution in [3.05, 3.63) is 0 Å². The Hall–Kier alpha value is -1.04. The molecule has 0 aliphatic carbocycles. The highest BCUT2D eigenvalue weighted by Crippen LogP contribution is 2.17. The number of ether oxygens (including phenoxy) is 2. The summed E-state index contributed by atoms with van der Waals surface area (Å²) in [5, 5.41) is 10.3. The van der Waals surface area contributed by atoms with Gasteiger partial charge in [-0.3, -0.25) is 9.59 Å². The second-order valence-corrected chi connectivity index (χ2v) is 14.2. The zero-order chi connectivity index (χ0) is 33.6. The number of unbranched alkanes of at least 4 members (excludes halogenated alkanes) is 30. The molecule has 0 amide bonds. The molecule has 0 rings (SSSR count). The summed E-state index contributed by atoms with van der Waals surface area (Å²) in [4.78, 5) is 22.2. The standard InChI is InChI=1S/C40H79BO5/c1-45-39(42)35-31-27-23-19-15-11-7-3-5-9-13-17-21-25-29-33-37-41(44)38-34-30-26-22-18-14-10-6-4-8-12-16-20-24-28-32-36-40(43)46-2/h44H,3-38H2,1-2H3. The minimum atomic E-state index is -0.0730. The van der Waals surface area contributed by atoms with Crippen molar-refractivity contribution < 1.29 is 24.1 Å². The van der Waals surface area contributed by atoms with E-state index in [1.54, 1.807) is 0 Å². The predicted octanol–water partition coefficient (Wildman–Crippen LogP) is 12.6. The van der Waals surface area contributed by atoms with Crippen LogP contribution in [0, 0.1) is 0 Å². The van der Waals surface area contributed by atoms with Crippen molar-refractivity contribution in [2.45, 2.75) is 231 Å². The molecule has 6 heteroatoms. The van der Waals surface area contributed by atoms with Gasteiger partial charge < -0.3 is 14.5 Å². The molecular formula is C40H79BO5. The number of carbonyl (C=O) groups excluding carboxylic acids is 2. The van der Waals surface area contributed by atoms with Crippen LogP contribution in [0.4, 0.5) is 0 Å². The molecule has 1 N–H and O–H groups in total. The molecule has 0 saturated heterocycles. The predicted molar refractivity (Wildman–Crippen MR) is 199 cm³/mol. The van der Waals surface area contributed by atoms with Gasteiger partial charge in [-0.15, -0.1) is 0 Å². The van der Waals surface area contributed by atoms with Gasteiger partial charge in [-0.2, -0.15) is 0 Å². The summed E-state index contributed by atoms with van der Waals surface area (Å²) in [6, 6.07) is 0. The van der Waals surface area contributed by atoms with Gasteiger partial charge in [0, 0.05) is 12.8 Å². The maximum absolute atomic E-state index is 11.1. The van der Waals surface area contributed by atoms with E-state index in [-0.39, 0.29) is 18.9 Å². The quantitative estimate of drug-likeness (QED) is 0.0409. The molecule has 0 saturated carbocycles. The van der Waals surface area contributed by atoms with Gasteiger partial charge in [-0.25, -0.2) is 0 Å². The number of rotatable bonds is 38.